The van der Waals surface area contributed by atoms with Gasteiger partial charge in [-0.1, -0.05) is 19.0 Å². The van der Waals surface area contributed by atoms with Gasteiger partial charge in [-0.15, -0.1) is 0 Å². The second-order valence-corrected chi connectivity index (χ2v) is 6.11. The first-order chi connectivity index (χ1) is 8.58. The van der Waals surface area contributed by atoms with Gasteiger partial charge in [0.25, 0.3) is 0 Å². The van der Waals surface area contributed by atoms with Crippen molar-refractivity contribution in [1.29, 1.82) is 0 Å². The van der Waals surface area contributed by atoms with Crippen LogP contribution in [0.5, 0.6) is 0 Å². The van der Waals surface area contributed by atoms with Crippen LogP contribution >= 0.6 is 0 Å². The predicted molar refractivity (Wildman–Crippen MR) is 70.7 cm³/mol. The molecular weight excluding hydrogens is 246 g/mol. The smallest absolute Gasteiger partial charge is 0.310 e. The minimum Gasteiger partial charge on any atom is -0.481 e. The number of rotatable bonds is 6. The van der Waals surface area contributed by atoms with E-state index in [1.807, 2.05) is 27.7 Å². The third-order valence-corrected chi connectivity index (χ3v) is 3.76. The zero-order valence-electron chi connectivity index (χ0n) is 12.4. The lowest BCUT2D eigenvalue weighted by molar-refractivity contribution is -0.151. The molecule has 19 heavy (non-hydrogen) atoms. The highest BCUT2D eigenvalue weighted by Crippen LogP contribution is 2.30. The van der Waals surface area contributed by atoms with E-state index in [9.17, 15) is 9.90 Å². The molecule has 2 N–H and O–H groups in total. The highest BCUT2D eigenvalue weighted by atomic mass is 16.5. The summed E-state index contributed by atoms with van der Waals surface area (Å²) in [6.45, 7) is 11.4. The maximum absolute atomic E-state index is 11.3. The topological polar surface area (TPSA) is 88.2 Å². The van der Waals surface area contributed by atoms with Crippen molar-refractivity contribution in [3.8, 4) is 0 Å². The fourth-order valence-corrected chi connectivity index (χ4v) is 1.36. The van der Waals surface area contributed by atoms with Crippen molar-refractivity contribution < 1.29 is 14.4 Å². The fourth-order valence-electron chi connectivity index (χ4n) is 1.36. The van der Waals surface area contributed by atoms with Crippen LogP contribution in [-0.4, -0.2) is 26.8 Å². The van der Waals surface area contributed by atoms with Gasteiger partial charge in [0.05, 0.1) is 12.0 Å². The Balaban J connectivity index is 2.72. The Morgan fingerprint density at radius 1 is 1.37 bits per heavy atom. The minimum atomic E-state index is -0.905. The molecule has 6 nitrogen and oxygen atoms in total. The van der Waals surface area contributed by atoms with Gasteiger partial charge in [0.2, 0.25) is 5.89 Å². The van der Waals surface area contributed by atoms with Gasteiger partial charge in [0.1, 0.15) is 0 Å². The molecule has 0 atom stereocenters. The number of aromatic nitrogens is 2. The van der Waals surface area contributed by atoms with Crippen LogP contribution in [0.1, 0.15) is 59.2 Å². The second kappa shape index (κ2) is 5.28. The average Bonchev–Trinajstić information content (AvgIpc) is 2.74. The molecule has 0 radical (unpaired) electrons. The van der Waals surface area contributed by atoms with E-state index in [2.05, 4.69) is 15.5 Å². The Labute approximate surface area is 113 Å². The first kappa shape index (κ1) is 15.6. The normalized spacial score (nSPS) is 13.0. The molecule has 0 spiro atoms. The first-order valence-corrected chi connectivity index (χ1v) is 6.39. The molecule has 0 aliphatic rings. The molecule has 0 unspecified atom stereocenters. The van der Waals surface area contributed by atoms with Gasteiger partial charge in [-0.3, -0.25) is 4.79 Å². The van der Waals surface area contributed by atoms with Gasteiger partial charge >= 0.3 is 5.97 Å². The Bertz CT molecular complexity index is 450. The van der Waals surface area contributed by atoms with Crippen LogP contribution in [0.4, 0.5) is 0 Å². The summed E-state index contributed by atoms with van der Waals surface area (Å²) in [5.74, 6) is 0.468. The average molecular weight is 269 g/mol. The number of hydrogen-bond donors (Lipinski definition) is 2. The largest absolute Gasteiger partial charge is 0.481 e. The van der Waals surface area contributed by atoms with Crippen molar-refractivity contribution in [3.05, 3.63) is 11.7 Å². The lowest BCUT2D eigenvalue weighted by Crippen LogP contribution is -2.54. The van der Waals surface area contributed by atoms with Gasteiger partial charge in [-0.25, -0.2) is 0 Å². The van der Waals surface area contributed by atoms with Crippen LogP contribution in [0.15, 0.2) is 4.52 Å². The molecule has 0 fully saturated rings. The molecule has 0 aliphatic carbocycles. The van der Waals surface area contributed by atoms with Gasteiger partial charge in [0.15, 0.2) is 5.82 Å². The molecule has 0 saturated carbocycles. The van der Waals surface area contributed by atoms with Crippen LogP contribution in [0.25, 0.3) is 0 Å². The van der Waals surface area contributed by atoms with Gasteiger partial charge in [-0.2, -0.15) is 4.98 Å². The molecule has 1 aromatic rings. The molecule has 1 aromatic heterocycles. The highest BCUT2D eigenvalue weighted by Gasteiger charge is 2.43. The molecule has 108 valence electrons. The third-order valence-electron chi connectivity index (χ3n) is 3.76. The van der Waals surface area contributed by atoms with Crippen molar-refractivity contribution in [2.24, 2.45) is 5.41 Å². The Morgan fingerprint density at radius 2 is 1.95 bits per heavy atom. The number of carbonyl (C=O) groups is 1. The summed E-state index contributed by atoms with van der Waals surface area (Å²) in [4.78, 5) is 15.5. The number of nitrogens with zero attached hydrogens (tertiary/aromatic N) is 2. The highest BCUT2D eigenvalue weighted by molar-refractivity contribution is 5.75. The lowest BCUT2D eigenvalue weighted by Gasteiger charge is -2.38. The monoisotopic (exact) mass is 269 g/mol. The summed E-state index contributed by atoms with van der Waals surface area (Å²) in [6, 6.07) is 0. The van der Waals surface area contributed by atoms with E-state index in [4.69, 9.17) is 4.52 Å². The van der Waals surface area contributed by atoms with Crippen LogP contribution in [0.2, 0.25) is 0 Å². The van der Waals surface area contributed by atoms with E-state index in [1.54, 1.807) is 13.8 Å². The van der Waals surface area contributed by atoms with Crippen molar-refractivity contribution in [3.63, 3.8) is 0 Å². The van der Waals surface area contributed by atoms with E-state index in [0.29, 0.717) is 18.3 Å². The van der Waals surface area contributed by atoms with Crippen molar-refractivity contribution in [1.82, 2.24) is 15.5 Å². The summed E-state index contributed by atoms with van der Waals surface area (Å²) >= 11 is 0. The number of aliphatic carboxylic acids is 1. The molecule has 0 aliphatic heterocycles. The second-order valence-electron chi connectivity index (χ2n) is 6.11. The van der Waals surface area contributed by atoms with Crippen LogP contribution in [0.3, 0.4) is 0 Å². The summed E-state index contributed by atoms with van der Waals surface area (Å²) < 4.78 is 5.11. The van der Waals surface area contributed by atoms with Crippen LogP contribution in [-0.2, 0) is 11.3 Å². The molecule has 1 heterocycles. The van der Waals surface area contributed by atoms with E-state index in [-0.39, 0.29) is 5.92 Å². The van der Waals surface area contributed by atoms with Crippen LogP contribution < -0.4 is 5.32 Å². The van der Waals surface area contributed by atoms with Crippen LogP contribution in [0, 0.1) is 5.41 Å². The summed E-state index contributed by atoms with van der Waals surface area (Å²) in [5, 5.41) is 16.3. The Kier molecular flexibility index (Phi) is 4.35. The van der Waals surface area contributed by atoms with E-state index >= 15 is 0 Å². The zero-order valence-corrected chi connectivity index (χ0v) is 12.4. The molecular formula is C13H23N3O3. The SMILES string of the molecule is CC(C)c1nc(CNC(C)(C)C(C)(C)C(=O)O)no1. The summed E-state index contributed by atoms with van der Waals surface area (Å²) in [6.07, 6.45) is 0. The van der Waals surface area contributed by atoms with Crippen molar-refractivity contribution >= 4 is 5.97 Å². The Hall–Kier alpha value is -1.43. The maximum Gasteiger partial charge on any atom is 0.310 e. The third kappa shape index (κ3) is 3.32. The van der Waals surface area contributed by atoms with Gasteiger partial charge in [0, 0.05) is 11.5 Å². The van der Waals surface area contributed by atoms with E-state index in [1.165, 1.54) is 0 Å². The molecule has 0 saturated heterocycles. The fraction of sp³-hybridized carbons (Fsp3) is 0.769. The molecule has 1 rings (SSSR count). The van der Waals surface area contributed by atoms with Gasteiger partial charge < -0.3 is 14.9 Å². The lowest BCUT2D eigenvalue weighted by atomic mass is 9.74. The maximum atomic E-state index is 11.3. The number of nitrogens with one attached hydrogen (secondary N) is 1. The Morgan fingerprint density at radius 3 is 2.37 bits per heavy atom. The number of carboxylic acid groups (broad SMARTS) is 1. The predicted octanol–water partition coefficient (Wildman–Crippen LogP) is 2.17. The quantitative estimate of drug-likeness (QED) is 0.822. The van der Waals surface area contributed by atoms with Crippen molar-refractivity contribution in [2.45, 2.75) is 59.5 Å². The number of hydrogen-bond acceptors (Lipinski definition) is 5. The van der Waals surface area contributed by atoms with Gasteiger partial charge in [-0.05, 0) is 27.7 Å². The minimum absolute atomic E-state index is 0.185. The summed E-state index contributed by atoms with van der Waals surface area (Å²) in [5.41, 5.74) is -1.50. The zero-order chi connectivity index (χ0) is 14.8. The first-order valence-electron chi connectivity index (χ1n) is 6.39. The molecule has 0 bridgehead atoms. The standard InChI is InChI=1S/C13H23N3O3/c1-8(2)10-15-9(16-19-10)7-14-13(5,6)12(3,4)11(17)18/h8,14H,7H2,1-6H3,(H,17,18). The summed E-state index contributed by atoms with van der Waals surface area (Å²) in [7, 11) is 0. The molecule has 0 amide bonds. The van der Waals surface area contributed by atoms with Crippen molar-refractivity contribution in [2.75, 3.05) is 0 Å². The van der Waals surface area contributed by atoms with E-state index in [0.717, 1.165) is 0 Å². The number of carboxylic acids is 1. The molecule has 6 heteroatoms. The molecule has 0 aromatic carbocycles. The van der Waals surface area contributed by atoms with E-state index < -0.39 is 16.9 Å².